The SMILES string of the molecule is COc1ccc(CC(=O)NC2CC(=O)N(c3ccc(F)cc3)C2)cc1. The lowest BCUT2D eigenvalue weighted by Crippen LogP contribution is -2.38. The zero-order valence-electron chi connectivity index (χ0n) is 13.9. The van der Waals surface area contributed by atoms with Gasteiger partial charge in [0.1, 0.15) is 11.6 Å². The molecule has 0 aliphatic carbocycles. The molecule has 0 aromatic heterocycles. The minimum Gasteiger partial charge on any atom is -0.497 e. The van der Waals surface area contributed by atoms with Crippen LogP contribution >= 0.6 is 0 Å². The predicted molar refractivity (Wildman–Crippen MR) is 92.0 cm³/mol. The topological polar surface area (TPSA) is 58.6 Å². The molecule has 1 aliphatic rings. The highest BCUT2D eigenvalue weighted by atomic mass is 19.1. The van der Waals surface area contributed by atoms with Crippen LogP contribution in [0.2, 0.25) is 0 Å². The van der Waals surface area contributed by atoms with Gasteiger partial charge in [-0.2, -0.15) is 0 Å². The van der Waals surface area contributed by atoms with Crippen molar-refractivity contribution < 1.29 is 18.7 Å². The molecule has 1 heterocycles. The third-order valence-corrected chi connectivity index (χ3v) is 4.15. The smallest absolute Gasteiger partial charge is 0.229 e. The Morgan fingerprint density at radius 2 is 1.88 bits per heavy atom. The summed E-state index contributed by atoms with van der Waals surface area (Å²) in [6.45, 7) is 0.388. The molecule has 3 rings (SSSR count). The number of halogens is 1. The summed E-state index contributed by atoms with van der Waals surface area (Å²) in [6.07, 6.45) is 0.483. The molecule has 2 aromatic carbocycles. The van der Waals surface area contributed by atoms with Gasteiger partial charge in [0.25, 0.3) is 0 Å². The van der Waals surface area contributed by atoms with Crippen LogP contribution in [0.1, 0.15) is 12.0 Å². The maximum atomic E-state index is 13.0. The molecular weight excluding hydrogens is 323 g/mol. The van der Waals surface area contributed by atoms with Crippen molar-refractivity contribution in [3.63, 3.8) is 0 Å². The van der Waals surface area contributed by atoms with E-state index in [-0.39, 0.29) is 36.5 Å². The Bertz CT molecular complexity index is 759. The lowest BCUT2D eigenvalue weighted by atomic mass is 10.1. The maximum absolute atomic E-state index is 13.0. The molecule has 1 aliphatic heterocycles. The van der Waals surface area contributed by atoms with E-state index in [1.165, 1.54) is 12.1 Å². The standard InChI is InChI=1S/C19H19FN2O3/c1-25-17-8-2-13(3-9-17)10-18(23)21-15-11-19(24)22(12-15)16-6-4-14(20)5-7-16/h2-9,15H,10-12H2,1H3,(H,21,23). The first kappa shape index (κ1) is 17.0. The summed E-state index contributed by atoms with van der Waals surface area (Å²) in [4.78, 5) is 25.9. The van der Waals surface area contributed by atoms with Gasteiger partial charge in [0.15, 0.2) is 0 Å². The molecule has 1 unspecified atom stereocenters. The van der Waals surface area contributed by atoms with Gasteiger partial charge in [-0.3, -0.25) is 9.59 Å². The molecule has 2 amide bonds. The first-order valence-electron chi connectivity index (χ1n) is 8.03. The fourth-order valence-electron chi connectivity index (χ4n) is 2.88. The lowest BCUT2D eigenvalue weighted by Gasteiger charge is -2.17. The molecule has 0 saturated carbocycles. The number of rotatable bonds is 5. The van der Waals surface area contributed by atoms with Gasteiger partial charge in [-0.25, -0.2) is 4.39 Å². The second-order valence-electron chi connectivity index (χ2n) is 5.97. The maximum Gasteiger partial charge on any atom is 0.229 e. The van der Waals surface area contributed by atoms with E-state index in [0.29, 0.717) is 12.2 Å². The molecule has 6 heteroatoms. The van der Waals surface area contributed by atoms with E-state index in [4.69, 9.17) is 4.74 Å². The van der Waals surface area contributed by atoms with Crippen molar-refractivity contribution >= 4 is 17.5 Å². The molecule has 25 heavy (non-hydrogen) atoms. The van der Waals surface area contributed by atoms with Crippen LogP contribution in [0.25, 0.3) is 0 Å². The van der Waals surface area contributed by atoms with Crippen molar-refractivity contribution in [2.45, 2.75) is 18.9 Å². The highest BCUT2D eigenvalue weighted by Gasteiger charge is 2.31. The Morgan fingerprint density at radius 3 is 2.52 bits per heavy atom. The van der Waals surface area contributed by atoms with Crippen LogP contribution in [-0.2, 0) is 16.0 Å². The number of ether oxygens (including phenoxy) is 1. The quantitative estimate of drug-likeness (QED) is 0.907. The van der Waals surface area contributed by atoms with Crippen molar-refractivity contribution in [1.29, 1.82) is 0 Å². The fourth-order valence-corrected chi connectivity index (χ4v) is 2.88. The van der Waals surface area contributed by atoms with Gasteiger partial charge in [-0.15, -0.1) is 0 Å². The number of carbonyl (C=O) groups is 2. The summed E-state index contributed by atoms with van der Waals surface area (Å²) in [6, 6.07) is 12.8. The predicted octanol–water partition coefficient (Wildman–Crippen LogP) is 2.30. The Morgan fingerprint density at radius 1 is 1.20 bits per heavy atom. The third kappa shape index (κ3) is 4.15. The van der Waals surface area contributed by atoms with Gasteiger partial charge in [-0.1, -0.05) is 12.1 Å². The average Bonchev–Trinajstić information content (AvgIpc) is 2.96. The van der Waals surface area contributed by atoms with Crippen molar-refractivity contribution in [2.75, 3.05) is 18.6 Å². The third-order valence-electron chi connectivity index (χ3n) is 4.15. The molecule has 130 valence electrons. The van der Waals surface area contributed by atoms with E-state index in [2.05, 4.69) is 5.32 Å². The van der Waals surface area contributed by atoms with Crippen molar-refractivity contribution in [3.8, 4) is 5.75 Å². The first-order chi connectivity index (χ1) is 12.0. The van der Waals surface area contributed by atoms with Crippen molar-refractivity contribution in [3.05, 3.63) is 59.9 Å². The minimum atomic E-state index is -0.347. The van der Waals surface area contributed by atoms with Crippen LogP contribution in [0.15, 0.2) is 48.5 Å². The van der Waals surface area contributed by atoms with Crippen molar-refractivity contribution in [2.24, 2.45) is 0 Å². The average molecular weight is 342 g/mol. The van der Waals surface area contributed by atoms with Gasteiger partial charge in [-0.05, 0) is 42.0 Å². The fraction of sp³-hybridized carbons (Fsp3) is 0.263. The van der Waals surface area contributed by atoms with Crippen LogP contribution in [0.3, 0.4) is 0 Å². The molecule has 5 nitrogen and oxygen atoms in total. The molecule has 1 fully saturated rings. The summed E-state index contributed by atoms with van der Waals surface area (Å²) >= 11 is 0. The molecule has 1 atom stereocenters. The number of amides is 2. The lowest BCUT2D eigenvalue weighted by molar-refractivity contribution is -0.121. The van der Waals surface area contributed by atoms with Gasteiger partial charge in [0.2, 0.25) is 11.8 Å². The number of nitrogens with one attached hydrogen (secondary N) is 1. The monoisotopic (exact) mass is 342 g/mol. The van der Waals surface area contributed by atoms with Gasteiger partial charge < -0.3 is 15.0 Å². The number of hydrogen-bond donors (Lipinski definition) is 1. The largest absolute Gasteiger partial charge is 0.497 e. The Labute approximate surface area is 145 Å². The zero-order valence-corrected chi connectivity index (χ0v) is 13.9. The molecule has 0 spiro atoms. The number of hydrogen-bond acceptors (Lipinski definition) is 3. The summed E-state index contributed by atoms with van der Waals surface area (Å²) in [5.74, 6) is 0.172. The van der Waals surface area contributed by atoms with Gasteiger partial charge >= 0.3 is 0 Å². The second kappa shape index (κ2) is 7.34. The number of benzene rings is 2. The summed E-state index contributed by atoms with van der Waals surface area (Å²) in [5, 5.41) is 2.89. The van der Waals surface area contributed by atoms with Crippen LogP contribution in [0.5, 0.6) is 5.75 Å². The summed E-state index contributed by atoms with van der Waals surface area (Å²) in [7, 11) is 1.59. The number of carbonyl (C=O) groups excluding carboxylic acids is 2. The molecular formula is C19H19FN2O3. The van der Waals surface area contributed by atoms with Crippen LogP contribution in [-0.4, -0.2) is 31.5 Å². The van der Waals surface area contributed by atoms with Crippen LogP contribution in [0.4, 0.5) is 10.1 Å². The van der Waals surface area contributed by atoms with Gasteiger partial charge in [0, 0.05) is 18.7 Å². The van der Waals surface area contributed by atoms with E-state index in [9.17, 15) is 14.0 Å². The Kier molecular flexibility index (Phi) is 4.97. The summed E-state index contributed by atoms with van der Waals surface area (Å²) < 4.78 is 18.1. The highest BCUT2D eigenvalue weighted by Crippen LogP contribution is 2.22. The number of methoxy groups -OCH3 is 1. The van der Waals surface area contributed by atoms with E-state index >= 15 is 0 Å². The molecule has 0 bridgehead atoms. The first-order valence-corrected chi connectivity index (χ1v) is 8.03. The van der Waals surface area contributed by atoms with Crippen molar-refractivity contribution in [1.82, 2.24) is 5.32 Å². The molecule has 0 radical (unpaired) electrons. The Hall–Kier alpha value is -2.89. The number of anilines is 1. The highest BCUT2D eigenvalue weighted by molar-refractivity contribution is 5.96. The molecule has 1 N–H and O–H groups in total. The van der Waals surface area contributed by atoms with E-state index in [0.717, 1.165) is 11.3 Å². The van der Waals surface area contributed by atoms with Gasteiger partial charge in [0.05, 0.1) is 19.6 Å². The van der Waals surface area contributed by atoms with Crippen LogP contribution < -0.4 is 15.0 Å². The molecule has 2 aromatic rings. The van der Waals surface area contributed by atoms with E-state index in [1.807, 2.05) is 12.1 Å². The normalized spacial score (nSPS) is 16.8. The Balaban J connectivity index is 1.57. The zero-order chi connectivity index (χ0) is 17.8. The molecule has 1 saturated heterocycles. The van der Waals surface area contributed by atoms with Crippen LogP contribution in [0, 0.1) is 5.82 Å². The summed E-state index contributed by atoms with van der Waals surface area (Å²) in [5.41, 5.74) is 1.51. The van der Waals surface area contributed by atoms with E-state index < -0.39 is 0 Å². The number of nitrogens with zero attached hydrogens (tertiary/aromatic N) is 1. The van der Waals surface area contributed by atoms with E-state index in [1.54, 1.807) is 36.3 Å². The second-order valence-corrected chi connectivity index (χ2v) is 5.97. The minimum absolute atomic E-state index is 0.0821.